The Balaban J connectivity index is 2.30. The number of hydrogen-bond acceptors (Lipinski definition) is 4. The van der Waals surface area contributed by atoms with Crippen LogP contribution in [0.2, 0.25) is 0 Å². The Hall–Kier alpha value is -2.21. The summed E-state index contributed by atoms with van der Waals surface area (Å²) in [5.41, 5.74) is 9.54. The van der Waals surface area contributed by atoms with E-state index < -0.39 is 0 Å². The van der Waals surface area contributed by atoms with E-state index in [1.807, 2.05) is 37.4 Å². The number of aromatic nitrogens is 2. The number of hydrogen-bond donors (Lipinski definition) is 1. The van der Waals surface area contributed by atoms with Crippen LogP contribution in [0.5, 0.6) is 5.75 Å². The van der Waals surface area contributed by atoms with Crippen molar-refractivity contribution >= 4 is 21.7 Å². The van der Waals surface area contributed by atoms with E-state index in [0.29, 0.717) is 10.5 Å². The van der Waals surface area contributed by atoms with E-state index in [1.54, 1.807) is 18.1 Å². The quantitative estimate of drug-likeness (QED) is 0.784. The Bertz CT molecular complexity index is 792. The number of rotatable bonds is 3. The molecule has 5 nitrogen and oxygen atoms in total. The third-order valence-corrected chi connectivity index (χ3v) is 3.96. The molecule has 0 aliphatic carbocycles. The minimum absolute atomic E-state index is 0.572. The Kier molecular flexibility index (Phi) is 3.47. The molecule has 0 spiro atoms. The predicted octanol–water partition coefficient (Wildman–Crippen LogP) is 3.70. The van der Waals surface area contributed by atoms with Crippen LogP contribution in [0.4, 0.5) is 5.82 Å². The molecule has 1 aromatic carbocycles. The summed E-state index contributed by atoms with van der Waals surface area (Å²) in [5.74, 6) is 1.32. The van der Waals surface area contributed by atoms with Crippen molar-refractivity contribution in [2.24, 2.45) is 7.05 Å². The second-order valence-electron chi connectivity index (χ2n) is 4.54. The zero-order valence-electron chi connectivity index (χ0n) is 11.6. The lowest BCUT2D eigenvalue weighted by atomic mass is 10.0. The highest BCUT2D eigenvalue weighted by atomic mass is 79.9. The fourth-order valence-electron chi connectivity index (χ4n) is 2.31. The van der Waals surface area contributed by atoms with Gasteiger partial charge in [0.1, 0.15) is 17.3 Å². The van der Waals surface area contributed by atoms with Gasteiger partial charge in [0, 0.05) is 12.6 Å². The molecule has 0 aliphatic heterocycles. The topological polar surface area (TPSA) is 66.2 Å². The highest BCUT2D eigenvalue weighted by molar-refractivity contribution is 9.10. The molecule has 2 heterocycles. The van der Waals surface area contributed by atoms with Crippen molar-refractivity contribution in [1.82, 2.24) is 9.78 Å². The number of nitrogens with zero attached hydrogens (tertiary/aromatic N) is 2. The third-order valence-electron chi connectivity index (χ3n) is 3.34. The zero-order valence-corrected chi connectivity index (χ0v) is 13.2. The van der Waals surface area contributed by atoms with Gasteiger partial charge in [0.05, 0.1) is 24.5 Å². The molecule has 6 heteroatoms. The molecule has 2 N–H and O–H groups in total. The summed E-state index contributed by atoms with van der Waals surface area (Å²) < 4.78 is 13.0. The number of furan rings is 1. The van der Waals surface area contributed by atoms with E-state index in [4.69, 9.17) is 14.9 Å². The number of benzene rings is 1. The second kappa shape index (κ2) is 5.29. The number of ether oxygens (including phenoxy) is 1. The fraction of sp³-hybridized carbons (Fsp3) is 0.133. The maximum absolute atomic E-state index is 6.21. The summed E-state index contributed by atoms with van der Waals surface area (Å²) in [6.45, 7) is 0. The molecule has 0 radical (unpaired) electrons. The van der Waals surface area contributed by atoms with Crippen LogP contribution in [0.1, 0.15) is 0 Å². The number of methoxy groups -OCH3 is 1. The molecule has 2 aromatic heterocycles. The monoisotopic (exact) mass is 347 g/mol. The summed E-state index contributed by atoms with van der Waals surface area (Å²) in [6, 6.07) is 9.57. The van der Waals surface area contributed by atoms with Gasteiger partial charge in [-0.2, -0.15) is 5.10 Å². The van der Waals surface area contributed by atoms with Gasteiger partial charge in [-0.3, -0.25) is 4.68 Å². The van der Waals surface area contributed by atoms with E-state index in [2.05, 4.69) is 21.0 Å². The van der Waals surface area contributed by atoms with Gasteiger partial charge in [-0.15, -0.1) is 0 Å². The summed E-state index contributed by atoms with van der Waals surface area (Å²) in [7, 11) is 3.45. The molecule has 3 aromatic rings. The van der Waals surface area contributed by atoms with Crippen LogP contribution in [-0.4, -0.2) is 16.9 Å². The van der Waals surface area contributed by atoms with Gasteiger partial charge in [-0.1, -0.05) is 18.2 Å². The van der Waals surface area contributed by atoms with Gasteiger partial charge in [0.25, 0.3) is 0 Å². The summed E-state index contributed by atoms with van der Waals surface area (Å²) in [5, 5.41) is 4.51. The van der Waals surface area contributed by atoms with Crippen LogP contribution in [0.15, 0.2) is 45.7 Å². The standard InChI is InChI=1S/C15H14BrN3O2/c1-19-15(17)12(9-5-3-4-6-11(9)20-2)13(18-19)10-7-8-21-14(10)16/h3-8H,17H2,1-2H3. The molecular formula is C15H14BrN3O2. The normalized spacial score (nSPS) is 10.8. The summed E-state index contributed by atoms with van der Waals surface area (Å²) >= 11 is 3.39. The maximum atomic E-state index is 6.21. The second-order valence-corrected chi connectivity index (χ2v) is 5.26. The average Bonchev–Trinajstić information content (AvgIpc) is 3.03. The molecule has 3 rings (SSSR count). The Labute approximate surface area is 130 Å². The molecular weight excluding hydrogens is 334 g/mol. The van der Waals surface area contributed by atoms with Crippen molar-refractivity contribution in [3.8, 4) is 28.1 Å². The average molecular weight is 348 g/mol. The highest BCUT2D eigenvalue weighted by Gasteiger charge is 2.22. The van der Waals surface area contributed by atoms with E-state index in [-0.39, 0.29) is 0 Å². The number of anilines is 1. The lowest BCUT2D eigenvalue weighted by Crippen LogP contribution is -1.98. The van der Waals surface area contributed by atoms with E-state index in [9.17, 15) is 0 Å². The zero-order chi connectivity index (χ0) is 15.0. The van der Waals surface area contributed by atoms with Gasteiger partial charge in [0.2, 0.25) is 0 Å². The Morgan fingerprint density at radius 3 is 2.67 bits per heavy atom. The van der Waals surface area contributed by atoms with Crippen LogP contribution < -0.4 is 10.5 Å². The minimum atomic E-state index is 0.572. The van der Waals surface area contributed by atoms with Crippen molar-refractivity contribution < 1.29 is 9.15 Å². The molecule has 0 saturated heterocycles. The summed E-state index contributed by atoms with van der Waals surface area (Å²) in [6.07, 6.45) is 1.61. The molecule has 108 valence electrons. The van der Waals surface area contributed by atoms with Crippen molar-refractivity contribution in [1.29, 1.82) is 0 Å². The van der Waals surface area contributed by atoms with Crippen molar-refractivity contribution in [2.45, 2.75) is 0 Å². The van der Waals surface area contributed by atoms with E-state index in [0.717, 1.165) is 28.1 Å². The molecule has 0 fully saturated rings. The largest absolute Gasteiger partial charge is 0.496 e. The van der Waals surface area contributed by atoms with Crippen LogP contribution in [0, 0.1) is 0 Å². The molecule has 0 unspecified atom stereocenters. The summed E-state index contributed by atoms with van der Waals surface area (Å²) in [4.78, 5) is 0. The Morgan fingerprint density at radius 2 is 2.00 bits per heavy atom. The first-order valence-corrected chi connectivity index (χ1v) is 7.12. The Morgan fingerprint density at radius 1 is 1.24 bits per heavy atom. The minimum Gasteiger partial charge on any atom is -0.496 e. The molecule has 0 aliphatic rings. The fourth-order valence-corrected chi connectivity index (χ4v) is 2.73. The van der Waals surface area contributed by atoms with E-state index in [1.165, 1.54) is 0 Å². The van der Waals surface area contributed by atoms with E-state index >= 15 is 0 Å². The first kappa shape index (κ1) is 13.8. The molecule has 0 bridgehead atoms. The number of para-hydroxylation sites is 1. The molecule has 21 heavy (non-hydrogen) atoms. The van der Waals surface area contributed by atoms with Gasteiger partial charge < -0.3 is 14.9 Å². The number of aryl methyl sites for hydroxylation is 1. The third kappa shape index (κ3) is 2.21. The molecule has 0 saturated carbocycles. The predicted molar refractivity (Wildman–Crippen MR) is 85.0 cm³/mol. The number of nitrogen functional groups attached to an aromatic ring is 1. The van der Waals surface area contributed by atoms with Crippen molar-refractivity contribution in [3.63, 3.8) is 0 Å². The SMILES string of the molecule is COc1ccccc1-c1c(-c2ccoc2Br)nn(C)c1N. The number of nitrogens with two attached hydrogens (primary N) is 1. The van der Waals surface area contributed by atoms with Crippen molar-refractivity contribution in [2.75, 3.05) is 12.8 Å². The highest BCUT2D eigenvalue weighted by Crippen LogP contribution is 2.42. The molecule has 0 atom stereocenters. The van der Waals surface area contributed by atoms with Crippen molar-refractivity contribution in [3.05, 3.63) is 41.3 Å². The van der Waals surface area contributed by atoms with Gasteiger partial charge in [-0.25, -0.2) is 0 Å². The lowest BCUT2D eigenvalue weighted by Gasteiger charge is -2.09. The molecule has 0 amide bonds. The van der Waals surface area contributed by atoms with Gasteiger partial charge in [-0.05, 0) is 28.1 Å². The first-order valence-electron chi connectivity index (χ1n) is 6.32. The van der Waals surface area contributed by atoms with Gasteiger partial charge >= 0.3 is 0 Å². The van der Waals surface area contributed by atoms with Crippen LogP contribution in [0.25, 0.3) is 22.4 Å². The lowest BCUT2D eigenvalue weighted by molar-refractivity contribution is 0.416. The first-order chi connectivity index (χ1) is 10.1. The smallest absolute Gasteiger partial charge is 0.178 e. The van der Waals surface area contributed by atoms with Crippen LogP contribution >= 0.6 is 15.9 Å². The van der Waals surface area contributed by atoms with Gasteiger partial charge in [0.15, 0.2) is 4.67 Å². The van der Waals surface area contributed by atoms with Crippen LogP contribution in [0.3, 0.4) is 0 Å². The van der Waals surface area contributed by atoms with Crippen LogP contribution in [-0.2, 0) is 7.05 Å². The maximum Gasteiger partial charge on any atom is 0.178 e. The number of halogens is 1.